The highest BCUT2D eigenvalue weighted by Crippen LogP contribution is 2.64. The standard InChI is InChI=1S/C53H56N2O14.CH2O3/c1-30-36(66-49(62)43(67-39-25-17-18-26-55(39)7)41(33-19-11-8-12-20-33)54-47(60)34-21-13-9-14-22-34)28-53(63)46(68-48(61)35-23-15-10-16-24-35)44-51(6,37(58)27-38-52(44,29-64-38)69-32(3)57)45(59)42(65-31(2)56)40(30)50(53,4)5;2-1(3)4/h8-26,36-38,41-44,46,58,63H,27-29H2,1-7H3;(H2,2,3,4)/t36-,37-,38+,41-,42+,43+,44?,46?,51+,52-,53+;/m0./s1. The number of aliphatic hydroxyl groups excluding tert-OH is 1. The molecule has 19 nitrogen and oxygen atoms in total. The molecular formula is C54H58N2O17. The largest absolute Gasteiger partial charge is 0.565 e. The zero-order chi connectivity index (χ0) is 53.2. The van der Waals surface area contributed by atoms with Crippen molar-refractivity contribution in [3.8, 4) is 5.88 Å². The van der Waals surface area contributed by atoms with Gasteiger partial charge in [0.15, 0.2) is 23.7 Å². The van der Waals surface area contributed by atoms with Crippen LogP contribution >= 0.6 is 0 Å². The molecule has 73 heavy (non-hydrogen) atoms. The van der Waals surface area contributed by atoms with Crippen molar-refractivity contribution < 1.29 is 87.0 Å². The van der Waals surface area contributed by atoms with Gasteiger partial charge in [0.1, 0.15) is 37.0 Å². The SMILES string of the molecule is CC(=O)O[C@H]1C(=O)[C@@]2(C)C(C(OC(=O)c3ccccc3)[C@]3(O)C[C@H](OC(=O)[C@H](Oc4cccc[n+]4C)[C@@H](NC(=O)c4ccccc4)c4ccccc4)C(C)=C1C3(C)C)[C@]1(OC(C)=O)CO[C@@H]1C[C@@H]2O.O=C([O-])O. The number of ether oxygens (including phenoxy) is 6. The smallest absolute Gasteiger partial charge is 0.368 e. The number of benzene rings is 3. The molecule has 11 atom stereocenters. The number of pyridine rings is 1. The van der Waals surface area contributed by atoms with Crippen molar-refractivity contribution in [2.75, 3.05) is 6.61 Å². The van der Waals surface area contributed by atoms with Crippen LogP contribution in [0.1, 0.15) is 86.7 Å². The first kappa shape index (κ1) is 53.3. The Morgan fingerprint density at radius 1 is 0.822 bits per heavy atom. The number of hydrogen-bond acceptors (Lipinski definition) is 16. The van der Waals surface area contributed by atoms with Crippen molar-refractivity contribution in [3.63, 3.8) is 0 Å². The van der Waals surface area contributed by atoms with Crippen LogP contribution < -0.4 is 19.7 Å². The number of fused-ring (bicyclic) bond motifs is 5. The average Bonchev–Trinajstić information content (AvgIpc) is 3.34. The quantitative estimate of drug-likeness (QED) is 0.0684. The number of ketones is 1. The van der Waals surface area contributed by atoms with Crippen LogP contribution in [-0.4, -0.2) is 111 Å². The van der Waals surface area contributed by atoms with Gasteiger partial charge in [0.25, 0.3) is 5.91 Å². The number of carboxylic acid groups (broad SMARTS) is 2. The molecule has 386 valence electrons. The number of carbonyl (C=O) groups excluding carboxylic acids is 6. The van der Waals surface area contributed by atoms with E-state index in [1.807, 2.05) is 0 Å². The van der Waals surface area contributed by atoms with E-state index in [1.165, 1.54) is 26.0 Å². The molecule has 1 amide bonds. The van der Waals surface area contributed by atoms with Crippen LogP contribution in [-0.2, 0) is 49.9 Å². The summed E-state index contributed by atoms with van der Waals surface area (Å²) in [7, 11) is 1.71. The van der Waals surface area contributed by atoms with Crippen LogP contribution in [0.4, 0.5) is 4.79 Å². The van der Waals surface area contributed by atoms with E-state index in [9.17, 15) is 29.4 Å². The van der Waals surface area contributed by atoms with Crippen molar-refractivity contribution in [1.29, 1.82) is 0 Å². The molecule has 2 unspecified atom stereocenters. The van der Waals surface area contributed by atoms with Crippen molar-refractivity contribution >= 4 is 41.7 Å². The van der Waals surface area contributed by atoms with Crippen molar-refractivity contribution in [1.82, 2.24) is 5.32 Å². The lowest BCUT2D eigenvalue weighted by atomic mass is 9.44. The average molecular weight is 1010 g/mol. The number of Topliss-reactive ketones (excluding diaryl/α,β-unsaturated/α-hetero) is 1. The minimum Gasteiger partial charge on any atom is -0.565 e. The number of nitrogens with zero attached hydrogens (tertiary/aromatic N) is 1. The Kier molecular flexibility index (Phi) is 15.3. The Hall–Kier alpha value is -7.48. The van der Waals surface area contributed by atoms with Crippen molar-refractivity contribution in [3.05, 3.63) is 143 Å². The number of esters is 4. The molecular weight excluding hydrogens is 949 g/mol. The first-order chi connectivity index (χ1) is 34.5. The molecule has 1 aliphatic heterocycles. The fourth-order valence-corrected chi connectivity index (χ4v) is 11.0. The zero-order valence-corrected chi connectivity index (χ0v) is 41.2. The Balaban J connectivity index is 0.00000188. The molecule has 3 aromatic carbocycles. The third-order valence-electron chi connectivity index (χ3n) is 14.7. The van der Waals surface area contributed by atoms with E-state index in [2.05, 4.69) is 5.32 Å². The first-order valence-electron chi connectivity index (χ1n) is 23.5. The van der Waals surface area contributed by atoms with Gasteiger partial charge in [-0.15, -0.1) is 0 Å². The molecule has 4 N–H and O–H groups in total. The molecule has 8 rings (SSSR count). The number of aromatic nitrogens is 1. The molecule has 2 saturated carbocycles. The molecule has 1 saturated heterocycles. The normalized spacial score (nSPS) is 28.4. The van der Waals surface area contributed by atoms with Gasteiger partial charge in [0.05, 0.1) is 35.7 Å². The molecule has 3 aliphatic carbocycles. The molecule has 3 fully saturated rings. The molecule has 2 heterocycles. The minimum absolute atomic E-state index is 0.0271. The summed E-state index contributed by atoms with van der Waals surface area (Å²) in [5, 5.41) is 44.5. The number of rotatable bonds is 12. The third-order valence-corrected chi connectivity index (χ3v) is 14.7. The van der Waals surface area contributed by atoms with Gasteiger partial charge in [0.2, 0.25) is 12.3 Å². The summed E-state index contributed by atoms with van der Waals surface area (Å²) < 4.78 is 39.3. The zero-order valence-electron chi connectivity index (χ0n) is 41.2. The lowest BCUT2D eigenvalue weighted by Crippen LogP contribution is -2.82. The Morgan fingerprint density at radius 2 is 1.40 bits per heavy atom. The highest BCUT2D eigenvalue weighted by molar-refractivity contribution is 5.96. The van der Waals surface area contributed by atoms with Gasteiger partial charge in [-0.05, 0) is 60.9 Å². The monoisotopic (exact) mass is 1010 g/mol. The van der Waals surface area contributed by atoms with Crippen molar-refractivity contribution in [2.24, 2.45) is 23.8 Å². The fraction of sp³-hybridized carbons (Fsp3) is 0.407. The van der Waals surface area contributed by atoms with Crippen LogP contribution in [0, 0.1) is 16.7 Å². The molecule has 1 aromatic heterocycles. The van der Waals surface area contributed by atoms with Crippen LogP contribution in [0.25, 0.3) is 0 Å². The summed E-state index contributed by atoms with van der Waals surface area (Å²) in [6, 6.07) is 28.9. The maximum atomic E-state index is 15.7. The summed E-state index contributed by atoms with van der Waals surface area (Å²) in [5.74, 6) is -6.29. The van der Waals surface area contributed by atoms with Crippen LogP contribution in [0.5, 0.6) is 5.88 Å². The Bertz CT molecular complexity index is 2780. The van der Waals surface area contributed by atoms with Gasteiger partial charge in [-0.3, -0.25) is 19.2 Å². The molecule has 2 bridgehead atoms. The number of carbonyl (C=O) groups is 7. The van der Waals surface area contributed by atoms with Crippen LogP contribution in [0.15, 0.2) is 127 Å². The van der Waals surface area contributed by atoms with E-state index in [0.717, 1.165) is 6.92 Å². The maximum Gasteiger partial charge on any atom is 0.368 e. The molecule has 0 radical (unpaired) electrons. The van der Waals surface area contributed by atoms with Gasteiger partial charge < -0.3 is 59.0 Å². The highest BCUT2D eigenvalue weighted by Gasteiger charge is 2.78. The summed E-state index contributed by atoms with van der Waals surface area (Å²) in [4.78, 5) is 94.3. The highest BCUT2D eigenvalue weighted by atomic mass is 16.6. The predicted molar refractivity (Wildman–Crippen MR) is 252 cm³/mol. The summed E-state index contributed by atoms with van der Waals surface area (Å²) in [5.41, 5.74) is -6.80. The second kappa shape index (κ2) is 20.9. The summed E-state index contributed by atoms with van der Waals surface area (Å²) >= 11 is 0. The van der Waals surface area contributed by atoms with Crippen LogP contribution in [0.3, 0.4) is 0 Å². The number of amides is 1. The van der Waals surface area contributed by atoms with Crippen LogP contribution in [0.2, 0.25) is 0 Å². The van der Waals surface area contributed by atoms with E-state index >= 15 is 9.59 Å². The van der Waals surface area contributed by atoms with E-state index in [1.54, 1.807) is 136 Å². The number of hydrogen-bond donors (Lipinski definition) is 4. The van der Waals surface area contributed by atoms with E-state index < -0.39 is 119 Å². The van der Waals surface area contributed by atoms with Gasteiger partial charge in [-0.25, -0.2) is 9.59 Å². The summed E-state index contributed by atoms with van der Waals surface area (Å²) in [6.45, 7) is 8.17. The van der Waals surface area contributed by atoms with Gasteiger partial charge in [0, 0.05) is 43.7 Å². The van der Waals surface area contributed by atoms with E-state index in [4.69, 9.17) is 43.4 Å². The number of aliphatic hydroxyl groups is 2. The van der Waals surface area contributed by atoms with Crippen molar-refractivity contribution in [2.45, 2.75) is 108 Å². The summed E-state index contributed by atoms with van der Waals surface area (Å²) in [6.07, 6.45) is -10.4. The topological polar surface area (TPSA) is 275 Å². The molecule has 0 spiro atoms. The van der Waals surface area contributed by atoms with E-state index in [-0.39, 0.29) is 35.6 Å². The third kappa shape index (κ3) is 10.0. The van der Waals surface area contributed by atoms with Gasteiger partial charge in [-0.2, -0.15) is 4.57 Å². The molecule has 4 aromatic rings. The molecule has 19 heteroatoms. The second-order valence-electron chi connectivity index (χ2n) is 19.4. The Labute approximate surface area is 420 Å². The van der Waals surface area contributed by atoms with Gasteiger partial charge in [-0.1, -0.05) is 80.6 Å². The van der Waals surface area contributed by atoms with Gasteiger partial charge >= 0.3 is 29.8 Å². The first-order valence-corrected chi connectivity index (χ1v) is 23.5. The Morgan fingerprint density at radius 3 is 1.95 bits per heavy atom. The van der Waals surface area contributed by atoms with E-state index in [0.29, 0.717) is 11.1 Å². The maximum absolute atomic E-state index is 15.7. The lowest BCUT2D eigenvalue weighted by Gasteiger charge is -2.67. The predicted octanol–water partition coefficient (Wildman–Crippen LogP) is 3.53. The minimum atomic E-state index is -2.39. The second-order valence-corrected chi connectivity index (χ2v) is 19.4. The lowest BCUT2D eigenvalue weighted by molar-refractivity contribution is -0.677. The fourth-order valence-electron chi connectivity index (χ4n) is 11.0. The number of nitrogens with one attached hydrogen (secondary N) is 1. The molecule has 4 aliphatic rings. The number of aryl methyl sites for hydroxylation is 1.